The summed E-state index contributed by atoms with van der Waals surface area (Å²) in [5.41, 5.74) is -0.217. The highest BCUT2D eigenvalue weighted by atomic mass is 16.3. The summed E-state index contributed by atoms with van der Waals surface area (Å²) in [5.74, 6) is 0.266. The monoisotopic (exact) mass is 252 g/mol. The van der Waals surface area contributed by atoms with Gasteiger partial charge >= 0.3 is 0 Å². The van der Waals surface area contributed by atoms with Gasteiger partial charge in [-0.05, 0) is 38.3 Å². The minimum Gasteiger partial charge on any atom is -0.388 e. The van der Waals surface area contributed by atoms with E-state index in [0.29, 0.717) is 18.0 Å². The minimum absolute atomic E-state index is 0.133. The fourth-order valence-electron chi connectivity index (χ4n) is 2.21. The molecular formula is C14H24N2O2. The van der Waals surface area contributed by atoms with E-state index in [1.165, 1.54) is 0 Å². The molecule has 18 heavy (non-hydrogen) atoms. The number of amides is 1. The fraction of sp³-hybridized carbons (Fsp3) is 0.643. The summed E-state index contributed by atoms with van der Waals surface area (Å²) in [6.45, 7) is 8.89. The molecule has 1 aromatic heterocycles. The van der Waals surface area contributed by atoms with Gasteiger partial charge in [-0.15, -0.1) is 0 Å². The van der Waals surface area contributed by atoms with Crippen molar-refractivity contribution in [2.24, 2.45) is 5.92 Å². The Labute approximate surface area is 109 Å². The Hall–Kier alpha value is -1.29. The van der Waals surface area contributed by atoms with Crippen molar-refractivity contribution in [3.63, 3.8) is 0 Å². The average Bonchev–Trinajstić information content (AvgIpc) is 2.72. The maximum absolute atomic E-state index is 12.0. The predicted molar refractivity (Wildman–Crippen MR) is 72.5 cm³/mol. The molecule has 0 aliphatic rings. The molecule has 2 N–H and O–H groups in total. The SMILES string of the molecule is CCn1cccc1C(=O)NCC(C)(O)CC(C)C. The van der Waals surface area contributed by atoms with E-state index in [1.807, 2.05) is 23.8 Å². The topological polar surface area (TPSA) is 54.3 Å². The van der Waals surface area contributed by atoms with E-state index in [4.69, 9.17) is 0 Å². The van der Waals surface area contributed by atoms with Gasteiger partial charge in [0.15, 0.2) is 0 Å². The number of carbonyl (C=O) groups is 1. The highest BCUT2D eigenvalue weighted by Gasteiger charge is 2.23. The van der Waals surface area contributed by atoms with Crippen LogP contribution in [-0.4, -0.2) is 27.7 Å². The highest BCUT2D eigenvalue weighted by molar-refractivity contribution is 5.92. The number of aliphatic hydroxyl groups is 1. The Bertz CT molecular complexity index is 394. The largest absolute Gasteiger partial charge is 0.388 e. The Morgan fingerprint density at radius 3 is 2.78 bits per heavy atom. The van der Waals surface area contributed by atoms with Gasteiger partial charge in [-0.2, -0.15) is 0 Å². The van der Waals surface area contributed by atoms with Crippen LogP contribution in [0.15, 0.2) is 18.3 Å². The van der Waals surface area contributed by atoms with Crippen LogP contribution in [-0.2, 0) is 6.54 Å². The van der Waals surface area contributed by atoms with Crippen molar-refractivity contribution >= 4 is 5.91 Å². The first-order chi connectivity index (χ1) is 8.35. The van der Waals surface area contributed by atoms with Crippen molar-refractivity contribution < 1.29 is 9.90 Å². The van der Waals surface area contributed by atoms with E-state index < -0.39 is 5.60 Å². The molecule has 4 heteroatoms. The van der Waals surface area contributed by atoms with Gasteiger partial charge in [0.05, 0.1) is 5.60 Å². The number of rotatable bonds is 6. The van der Waals surface area contributed by atoms with Gasteiger partial charge in [0.1, 0.15) is 5.69 Å². The zero-order chi connectivity index (χ0) is 13.8. The smallest absolute Gasteiger partial charge is 0.268 e. The average molecular weight is 252 g/mol. The van der Waals surface area contributed by atoms with Crippen molar-refractivity contribution in [2.75, 3.05) is 6.54 Å². The first-order valence-electron chi connectivity index (χ1n) is 6.51. The zero-order valence-electron chi connectivity index (χ0n) is 11.7. The van der Waals surface area contributed by atoms with Gasteiger partial charge in [0.2, 0.25) is 0 Å². The normalized spacial score (nSPS) is 14.6. The molecule has 0 radical (unpaired) electrons. The van der Waals surface area contributed by atoms with Crippen LogP contribution in [0, 0.1) is 5.92 Å². The van der Waals surface area contributed by atoms with Crippen LogP contribution < -0.4 is 5.32 Å². The van der Waals surface area contributed by atoms with Gasteiger partial charge in [0.25, 0.3) is 5.91 Å². The van der Waals surface area contributed by atoms with Crippen LogP contribution in [0.1, 0.15) is 44.6 Å². The predicted octanol–water partition coefficient (Wildman–Crippen LogP) is 2.03. The standard InChI is InChI=1S/C14H24N2O2/c1-5-16-8-6-7-12(16)13(17)15-10-14(4,18)9-11(2)3/h6-8,11,18H,5,9-10H2,1-4H3,(H,15,17). The summed E-state index contributed by atoms with van der Waals surface area (Å²) in [6, 6.07) is 3.64. The number of nitrogens with zero attached hydrogens (tertiary/aromatic N) is 1. The zero-order valence-corrected chi connectivity index (χ0v) is 11.7. The summed E-state index contributed by atoms with van der Waals surface area (Å²) >= 11 is 0. The molecule has 1 heterocycles. The van der Waals surface area contributed by atoms with Crippen molar-refractivity contribution in [2.45, 2.75) is 46.3 Å². The molecule has 1 unspecified atom stereocenters. The van der Waals surface area contributed by atoms with Crippen LogP contribution in [0.5, 0.6) is 0 Å². The van der Waals surface area contributed by atoms with Gasteiger partial charge in [-0.1, -0.05) is 13.8 Å². The van der Waals surface area contributed by atoms with E-state index in [2.05, 4.69) is 19.2 Å². The molecule has 0 aromatic carbocycles. The summed E-state index contributed by atoms with van der Waals surface area (Å²) in [4.78, 5) is 12.0. The quantitative estimate of drug-likeness (QED) is 0.814. The molecule has 0 aliphatic heterocycles. The van der Waals surface area contributed by atoms with Gasteiger partial charge in [0, 0.05) is 19.3 Å². The molecule has 0 saturated heterocycles. The van der Waals surface area contributed by atoms with E-state index in [1.54, 1.807) is 13.0 Å². The Kier molecular flexibility index (Phi) is 4.96. The van der Waals surface area contributed by atoms with E-state index in [-0.39, 0.29) is 12.5 Å². The van der Waals surface area contributed by atoms with Crippen LogP contribution in [0.4, 0.5) is 0 Å². The van der Waals surface area contributed by atoms with Crippen LogP contribution in [0.2, 0.25) is 0 Å². The second kappa shape index (κ2) is 6.05. The maximum atomic E-state index is 12.0. The minimum atomic E-state index is -0.854. The molecule has 0 saturated carbocycles. The number of hydrogen-bond acceptors (Lipinski definition) is 2. The molecular weight excluding hydrogens is 228 g/mol. The van der Waals surface area contributed by atoms with Gasteiger partial charge < -0.3 is 15.0 Å². The van der Waals surface area contributed by atoms with Crippen LogP contribution >= 0.6 is 0 Å². The van der Waals surface area contributed by atoms with Crippen molar-refractivity contribution in [3.05, 3.63) is 24.0 Å². The molecule has 1 amide bonds. The molecule has 0 spiro atoms. The molecule has 4 nitrogen and oxygen atoms in total. The van der Waals surface area contributed by atoms with E-state index in [0.717, 1.165) is 6.54 Å². The lowest BCUT2D eigenvalue weighted by molar-refractivity contribution is 0.0367. The number of aromatic nitrogens is 1. The molecule has 102 valence electrons. The summed E-state index contributed by atoms with van der Waals surface area (Å²) < 4.78 is 1.88. The molecule has 0 bridgehead atoms. The summed E-state index contributed by atoms with van der Waals surface area (Å²) in [5, 5.41) is 12.9. The van der Waals surface area contributed by atoms with E-state index in [9.17, 15) is 9.90 Å². The van der Waals surface area contributed by atoms with Crippen molar-refractivity contribution in [1.82, 2.24) is 9.88 Å². The molecule has 1 rings (SSSR count). The molecule has 0 aliphatic carbocycles. The second-order valence-electron chi connectivity index (χ2n) is 5.46. The third kappa shape index (κ3) is 4.18. The van der Waals surface area contributed by atoms with Crippen LogP contribution in [0.3, 0.4) is 0 Å². The molecule has 1 aromatic rings. The Morgan fingerprint density at radius 1 is 1.56 bits per heavy atom. The Morgan fingerprint density at radius 2 is 2.22 bits per heavy atom. The third-order valence-corrected chi connectivity index (χ3v) is 2.88. The number of nitrogens with one attached hydrogen (secondary N) is 1. The Balaban J connectivity index is 2.56. The van der Waals surface area contributed by atoms with Gasteiger partial charge in [-0.3, -0.25) is 4.79 Å². The molecule has 0 fully saturated rings. The first kappa shape index (κ1) is 14.8. The fourth-order valence-corrected chi connectivity index (χ4v) is 2.21. The lowest BCUT2D eigenvalue weighted by atomic mass is 9.94. The van der Waals surface area contributed by atoms with Crippen molar-refractivity contribution in [1.29, 1.82) is 0 Å². The summed E-state index contributed by atoms with van der Waals surface area (Å²) in [7, 11) is 0. The molecule has 1 atom stereocenters. The summed E-state index contributed by atoms with van der Waals surface area (Å²) in [6.07, 6.45) is 2.54. The number of aryl methyl sites for hydroxylation is 1. The van der Waals surface area contributed by atoms with Crippen LogP contribution in [0.25, 0.3) is 0 Å². The third-order valence-electron chi connectivity index (χ3n) is 2.88. The highest BCUT2D eigenvalue weighted by Crippen LogP contribution is 2.15. The first-order valence-corrected chi connectivity index (χ1v) is 6.51. The lowest BCUT2D eigenvalue weighted by Gasteiger charge is -2.25. The van der Waals surface area contributed by atoms with Crippen molar-refractivity contribution in [3.8, 4) is 0 Å². The van der Waals surface area contributed by atoms with Gasteiger partial charge in [-0.25, -0.2) is 0 Å². The van der Waals surface area contributed by atoms with E-state index >= 15 is 0 Å². The number of carbonyl (C=O) groups excluding carboxylic acids is 1. The second-order valence-corrected chi connectivity index (χ2v) is 5.46. The number of hydrogen-bond donors (Lipinski definition) is 2. The maximum Gasteiger partial charge on any atom is 0.268 e. The lowest BCUT2D eigenvalue weighted by Crippen LogP contribution is -2.41.